The molecule has 3 aliphatic rings. The van der Waals surface area contributed by atoms with Gasteiger partial charge in [-0.05, 0) is 72.9 Å². The fourth-order valence-electron chi connectivity index (χ4n) is 4.74. The van der Waals surface area contributed by atoms with Gasteiger partial charge >= 0.3 is 0 Å². The third-order valence-corrected chi connectivity index (χ3v) is 7.43. The van der Waals surface area contributed by atoms with Gasteiger partial charge in [0.15, 0.2) is 0 Å². The van der Waals surface area contributed by atoms with Crippen molar-refractivity contribution in [2.45, 2.75) is 49.7 Å². The maximum Gasteiger partial charge on any atom is 0.212 e. The number of nitrogens with zero attached hydrogens (tertiary/aromatic N) is 3. The number of benzene rings is 1. The van der Waals surface area contributed by atoms with Crippen LogP contribution in [0.3, 0.4) is 0 Å². The minimum absolute atomic E-state index is 0.306. The molecule has 1 amide bonds. The third-order valence-electron chi connectivity index (χ3n) is 7.19. The van der Waals surface area contributed by atoms with Crippen molar-refractivity contribution < 1.29 is 14.6 Å². The van der Waals surface area contributed by atoms with E-state index < -0.39 is 5.60 Å². The van der Waals surface area contributed by atoms with Gasteiger partial charge in [0.2, 0.25) is 6.41 Å². The van der Waals surface area contributed by atoms with Gasteiger partial charge in [-0.3, -0.25) is 4.79 Å². The van der Waals surface area contributed by atoms with E-state index in [-0.39, 0.29) is 0 Å². The van der Waals surface area contributed by atoms with Gasteiger partial charge in [-0.2, -0.15) is 0 Å². The van der Waals surface area contributed by atoms with E-state index in [1.165, 1.54) is 36.8 Å². The highest BCUT2D eigenvalue weighted by molar-refractivity contribution is 6.30. The Morgan fingerprint density at radius 3 is 2.55 bits per heavy atom. The second kappa shape index (κ2) is 10.4. The molecule has 1 aromatic carbocycles. The Morgan fingerprint density at radius 2 is 1.87 bits per heavy atom. The van der Waals surface area contributed by atoms with Crippen molar-refractivity contribution in [2.75, 3.05) is 23.8 Å². The Hall–Kier alpha value is -3.46. The van der Waals surface area contributed by atoms with E-state index in [1.807, 2.05) is 28.8 Å². The summed E-state index contributed by atoms with van der Waals surface area (Å²) in [5.41, 5.74) is 5.01. The van der Waals surface area contributed by atoms with Crippen LogP contribution in [0.15, 0.2) is 61.1 Å². The Kier molecular flexibility index (Phi) is 6.78. The van der Waals surface area contributed by atoms with Crippen LogP contribution in [-0.4, -0.2) is 39.1 Å². The highest BCUT2D eigenvalue weighted by Gasteiger charge is 2.41. The van der Waals surface area contributed by atoms with Crippen molar-refractivity contribution in [3.8, 4) is 0 Å². The summed E-state index contributed by atoms with van der Waals surface area (Å²) in [4.78, 5) is 19.4. The van der Waals surface area contributed by atoms with Crippen molar-refractivity contribution in [3.63, 3.8) is 0 Å². The number of hydrogen-bond acceptors (Lipinski definition) is 6. The number of nitrogens with one attached hydrogen (secondary N) is 2. The van der Waals surface area contributed by atoms with Crippen LogP contribution in [0, 0.1) is 0 Å². The van der Waals surface area contributed by atoms with Gasteiger partial charge < -0.3 is 24.9 Å². The quantitative estimate of drug-likeness (QED) is 0.269. The predicted molar refractivity (Wildman–Crippen MR) is 147 cm³/mol. The molecular formula is C29H30ClN5O3. The average molecular weight is 532 g/mol. The molecule has 196 valence electrons. The SMILES string of the molecule is Clc1cccc(C2CC2)c1.O=CNc1cc(NCc2cn3cc(C4CC4)cc(C4(O)COC4)c3n2)ccn1. The third kappa shape index (κ3) is 5.53. The molecular weight excluding hydrogens is 502 g/mol. The van der Waals surface area contributed by atoms with Crippen LogP contribution in [0.1, 0.15) is 59.9 Å². The zero-order chi connectivity index (χ0) is 26.1. The molecule has 0 radical (unpaired) electrons. The second-order valence-corrected chi connectivity index (χ2v) is 10.8. The fourth-order valence-corrected chi connectivity index (χ4v) is 4.94. The second-order valence-electron chi connectivity index (χ2n) is 10.3. The first-order valence-corrected chi connectivity index (χ1v) is 13.4. The lowest BCUT2D eigenvalue weighted by Gasteiger charge is -2.37. The summed E-state index contributed by atoms with van der Waals surface area (Å²) >= 11 is 5.82. The Bertz CT molecular complexity index is 1460. The molecule has 2 saturated carbocycles. The van der Waals surface area contributed by atoms with Crippen molar-refractivity contribution in [2.24, 2.45) is 0 Å². The van der Waals surface area contributed by atoms with Gasteiger partial charge in [-0.15, -0.1) is 0 Å². The number of aromatic nitrogens is 3. The number of rotatable bonds is 8. The molecule has 3 aromatic heterocycles. The number of halogens is 1. The number of anilines is 2. The summed E-state index contributed by atoms with van der Waals surface area (Å²) in [6.45, 7) is 1.13. The van der Waals surface area contributed by atoms with E-state index in [0.717, 1.165) is 33.5 Å². The topological polar surface area (TPSA) is 101 Å². The van der Waals surface area contributed by atoms with Crippen LogP contribution < -0.4 is 10.6 Å². The molecule has 0 unspecified atom stereocenters. The summed E-state index contributed by atoms with van der Waals surface area (Å²) < 4.78 is 7.28. The van der Waals surface area contributed by atoms with Crippen LogP contribution in [0.25, 0.3) is 5.65 Å². The van der Waals surface area contributed by atoms with Crippen molar-refractivity contribution >= 4 is 35.2 Å². The molecule has 1 aliphatic heterocycles. The van der Waals surface area contributed by atoms with Crippen molar-refractivity contribution in [1.82, 2.24) is 14.4 Å². The summed E-state index contributed by atoms with van der Waals surface area (Å²) in [6.07, 6.45) is 11.4. The van der Waals surface area contributed by atoms with E-state index in [4.69, 9.17) is 21.3 Å². The number of hydrogen-bond donors (Lipinski definition) is 3. The van der Waals surface area contributed by atoms with Gasteiger partial charge in [-0.25, -0.2) is 9.97 Å². The predicted octanol–water partition coefficient (Wildman–Crippen LogP) is 5.22. The largest absolute Gasteiger partial charge is 0.380 e. The summed E-state index contributed by atoms with van der Waals surface area (Å²) in [5, 5.41) is 17.6. The first kappa shape index (κ1) is 24.9. The molecule has 7 rings (SSSR count). The van der Waals surface area contributed by atoms with E-state index in [1.54, 1.807) is 12.3 Å². The zero-order valence-electron chi connectivity index (χ0n) is 20.9. The summed E-state index contributed by atoms with van der Waals surface area (Å²) in [5.74, 6) is 1.88. The average Bonchev–Trinajstić information content (AvgIpc) is 3.83. The van der Waals surface area contributed by atoms with Crippen LogP contribution in [-0.2, 0) is 21.7 Å². The van der Waals surface area contributed by atoms with Gasteiger partial charge in [0.25, 0.3) is 0 Å². The Morgan fingerprint density at radius 1 is 1.08 bits per heavy atom. The molecule has 9 heteroatoms. The minimum atomic E-state index is -0.956. The maximum atomic E-state index is 10.9. The number of ether oxygens (including phenoxy) is 1. The summed E-state index contributed by atoms with van der Waals surface area (Å²) in [7, 11) is 0. The van der Waals surface area contributed by atoms with Crippen molar-refractivity contribution in [3.05, 3.63) is 88.5 Å². The van der Waals surface area contributed by atoms with E-state index in [0.29, 0.717) is 37.9 Å². The van der Waals surface area contributed by atoms with Gasteiger partial charge in [0, 0.05) is 40.9 Å². The van der Waals surface area contributed by atoms with Gasteiger partial charge in [-0.1, -0.05) is 23.7 Å². The van der Waals surface area contributed by atoms with Crippen LogP contribution in [0.5, 0.6) is 0 Å². The molecule has 0 bridgehead atoms. The van der Waals surface area contributed by atoms with Gasteiger partial charge in [0.1, 0.15) is 17.1 Å². The van der Waals surface area contributed by atoms with Gasteiger partial charge in [0.05, 0.1) is 25.5 Å². The molecule has 8 nitrogen and oxygen atoms in total. The molecule has 38 heavy (non-hydrogen) atoms. The molecule has 0 spiro atoms. The number of amides is 1. The highest BCUT2D eigenvalue weighted by Crippen LogP contribution is 2.43. The lowest BCUT2D eigenvalue weighted by molar-refractivity contribution is -0.184. The Balaban J connectivity index is 0.000000221. The van der Waals surface area contributed by atoms with Crippen LogP contribution in [0.2, 0.25) is 5.02 Å². The molecule has 3 N–H and O–H groups in total. The summed E-state index contributed by atoms with van der Waals surface area (Å²) in [6, 6.07) is 13.9. The molecule has 3 fully saturated rings. The lowest BCUT2D eigenvalue weighted by Crippen LogP contribution is -2.46. The molecule has 4 aromatic rings. The maximum absolute atomic E-state index is 10.9. The number of aliphatic hydroxyl groups is 1. The van der Waals surface area contributed by atoms with Crippen molar-refractivity contribution in [1.29, 1.82) is 0 Å². The number of carbonyl (C=O) groups excluding carboxylic acids is 1. The van der Waals surface area contributed by atoms with E-state index >= 15 is 0 Å². The smallest absolute Gasteiger partial charge is 0.212 e. The standard InChI is InChI=1S/C20H21N5O3.C9H9Cl/c26-12-23-18-6-15(3-4-21-18)22-7-16-9-25-8-14(13-1-2-13)5-17(19(25)24-16)20(27)10-28-11-20;10-9-3-1-2-8(6-9)7-4-5-7/h3-6,8-9,12-13,27H,1-2,7,10-11H2,(H2,21,22,23,26);1-3,6-7H,4-5H2. The zero-order valence-corrected chi connectivity index (χ0v) is 21.7. The number of pyridine rings is 2. The number of fused-ring (bicyclic) bond motifs is 1. The molecule has 2 aliphatic carbocycles. The van der Waals surface area contributed by atoms with Crippen LogP contribution >= 0.6 is 11.6 Å². The van der Waals surface area contributed by atoms with Crippen LogP contribution in [0.4, 0.5) is 11.5 Å². The molecule has 4 heterocycles. The fraction of sp³-hybridized carbons (Fsp3) is 0.345. The Labute approximate surface area is 226 Å². The first-order valence-electron chi connectivity index (χ1n) is 13.0. The molecule has 1 saturated heterocycles. The highest BCUT2D eigenvalue weighted by atomic mass is 35.5. The minimum Gasteiger partial charge on any atom is -0.380 e. The van der Waals surface area contributed by atoms with E-state index in [2.05, 4.69) is 40.0 Å². The number of carbonyl (C=O) groups is 1. The first-order chi connectivity index (χ1) is 18.5. The van der Waals surface area contributed by atoms with E-state index in [9.17, 15) is 9.90 Å². The molecule has 0 atom stereocenters. The lowest BCUT2D eigenvalue weighted by atomic mass is 9.91. The monoisotopic (exact) mass is 531 g/mol. The normalized spacial score (nSPS) is 17.7. The number of imidazole rings is 1.